The van der Waals surface area contributed by atoms with E-state index in [1.54, 1.807) is 11.3 Å². The van der Waals surface area contributed by atoms with Gasteiger partial charge in [-0.1, -0.05) is 24.3 Å². The van der Waals surface area contributed by atoms with E-state index in [-0.39, 0.29) is 29.4 Å². The fourth-order valence-electron chi connectivity index (χ4n) is 3.85. The van der Waals surface area contributed by atoms with E-state index in [0.717, 1.165) is 55.8 Å². The van der Waals surface area contributed by atoms with Gasteiger partial charge in [-0.2, -0.15) is 0 Å². The van der Waals surface area contributed by atoms with E-state index in [9.17, 15) is 0 Å². The van der Waals surface area contributed by atoms with Gasteiger partial charge in [0.1, 0.15) is 0 Å². The minimum atomic E-state index is 0. The van der Waals surface area contributed by atoms with Crippen LogP contribution in [0.1, 0.15) is 39.5 Å². The fourth-order valence-corrected chi connectivity index (χ4v) is 4.72. The number of aliphatic imine (C=N–C) groups is 1. The minimum absolute atomic E-state index is 0. The highest BCUT2D eigenvalue weighted by molar-refractivity contribution is 14.0. The van der Waals surface area contributed by atoms with Crippen molar-refractivity contribution >= 4 is 41.3 Å². The molecule has 1 aliphatic rings. The van der Waals surface area contributed by atoms with Crippen molar-refractivity contribution in [3.63, 3.8) is 0 Å². The molecule has 0 aliphatic carbocycles. The van der Waals surface area contributed by atoms with Crippen LogP contribution in [0.2, 0.25) is 0 Å². The second-order valence-electron chi connectivity index (χ2n) is 7.23. The first-order chi connectivity index (χ1) is 13.0. The van der Waals surface area contributed by atoms with Gasteiger partial charge in [-0.15, -0.1) is 35.3 Å². The number of aryl methyl sites for hydroxylation is 3. The Bertz CT molecular complexity index is 799. The summed E-state index contributed by atoms with van der Waals surface area (Å²) in [5.41, 5.74) is 3.95. The molecule has 3 rings (SSSR count). The Hall–Kier alpha value is -1.19. The molecule has 0 atom stereocenters. The second-order valence-corrected chi connectivity index (χ2v) is 8.52. The smallest absolute Gasteiger partial charge is 0.191 e. The van der Waals surface area contributed by atoms with Crippen molar-refractivity contribution in [3.8, 4) is 0 Å². The SMILES string of the molecule is CN=C(NCc1sc(C)nc1C)NCC1(c2ccccc2C)CCOCC1.I. The number of hydrogen-bond acceptors (Lipinski definition) is 4. The molecule has 0 radical (unpaired) electrons. The van der Waals surface area contributed by atoms with E-state index in [4.69, 9.17) is 4.74 Å². The summed E-state index contributed by atoms with van der Waals surface area (Å²) in [5, 5.41) is 8.12. The van der Waals surface area contributed by atoms with E-state index >= 15 is 0 Å². The lowest BCUT2D eigenvalue weighted by atomic mass is 9.72. The number of nitrogens with zero attached hydrogens (tertiary/aromatic N) is 2. The van der Waals surface area contributed by atoms with Gasteiger partial charge < -0.3 is 15.4 Å². The molecule has 1 aromatic carbocycles. The Morgan fingerprint density at radius 2 is 1.89 bits per heavy atom. The first-order valence-electron chi connectivity index (χ1n) is 9.55. The van der Waals surface area contributed by atoms with Crippen LogP contribution in [-0.2, 0) is 16.7 Å². The number of aromatic nitrogens is 1. The highest BCUT2D eigenvalue weighted by Gasteiger charge is 2.35. The number of nitrogens with one attached hydrogen (secondary N) is 2. The van der Waals surface area contributed by atoms with Crippen LogP contribution in [-0.4, -0.2) is 37.7 Å². The summed E-state index contributed by atoms with van der Waals surface area (Å²) in [7, 11) is 1.82. The van der Waals surface area contributed by atoms with Crippen molar-refractivity contribution < 1.29 is 4.74 Å². The quantitative estimate of drug-likeness (QED) is 0.359. The third-order valence-corrected chi connectivity index (χ3v) is 6.47. The number of hydrogen-bond donors (Lipinski definition) is 2. The summed E-state index contributed by atoms with van der Waals surface area (Å²) in [6.07, 6.45) is 2.05. The molecule has 1 saturated heterocycles. The number of ether oxygens (including phenoxy) is 1. The monoisotopic (exact) mass is 514 g/mol. The summed E-state index contributed by atoms with van der Waals surface area (Å²) >= 11 is 1.74. The summed E-state index contributed by atoms with van der Waals surface area (Å²) in [6, 6.07) is 8.72. The van der Waals surface area contributed by atoms with Crippen LogP contribution in [0.3, 0.4) is 0 Å². The van der Waals surface area contributed by atoms with E-state index in [1.807, 2.05) is 14.0 Å². The van der Waals surface area contributed by atoms with E-state index in [0.29, 0.717) is 0 Å². The first-order valence-corrected chi connectivity index (χ1v) is 10.4. The topological polar surface area (TPSA) is 58.5 Å². The van der Waals surface area contributed by atoms with Gasteiger partial charge in [-0.3, -0.25) is 4.99 Å². The molecule has 7 heteroatoms. The maximum Gasteiger partial charge on any atom is 0.191 e. The van der Waals surface area contributed by atoms with Gasteiger partial charge in [-0.05, 0) is 44.7 Å². The average molecular weight is 514 g/mol. The van der Waals surface area contributed by atoms with Gasteiger partial charge in [0.05, 0.1) is 17.2 Å². The molecule has 5 nitrogen and oxygen atoms in total. The first kappa shape index (κ1) is 23.1. The third-order valence-electron chi connectivity index (χ3n) is 5.40. The molecule has 2 heterocycles. The van der Waals surface area contributed by atoms with Gasteiger partial charge >= 0.3 is 0 Å². The molecule has 0 unspecified atom stereocenters. The molecule has 1 fully saturated rings. The predicted molar refractivity (Wildman–Crippen MR) is 128 cm³/mol. The van der Waals surface area contributed by atoms with Crippen LogP contribution in [0.25, 0.3) is 0 Å². The standard InChI is InChI=1S/C21H30N4OS.HI/c1-15-7-5-6-8-18(15)21(9-11-26-12-10-21)14-24-20(22-4)23-13-19-16(2)25-17(3)27-19;/h5-8H,9-14H2,1-4H3,(H2,22,23,24);1H. The maximum atomic E-state index is 5.66. The van der Waals surface area contributed by atoms with Crippen molar-refractivity contribution in [2.75, 3.05) is 26.8 Å². The summed E-state index contributed by atoms with van der Waals surface area (Å²) < 4.78 is 5.66. The molecule has 2 aromatic rings. The highest BCUT2D eigenvalue weighted by atomic mass is 127. The molecule has 154 valence electrons. The van der Waals surface area contributed by atoms with Crippen molar-refractivity contribution in [1.82, 2.24) is 15.6 Å². The Morgan fingerprint density at radius 1 is 1.18 bits per heavy atom. The van der Waals surface area contributed by atoms with Crippen LogP contribution in [0.15, 0.2) is 29.3 Å². The summed E-state index contributed by atoms with van der Waals surface area (Å²) in [6.45, 7) is 9.52. The van der Waals surface area contributed by atoms with Crippen LogP contribution in [0, 0.1) is 20.8 Å². The van der Waals surface area contributed by atoms with Crippen molar-refractivity contribution in [3.05, 3.63) is 51.0 Å². The Morgan fingerprint density at radius 3 is 2.50 bits per heavy atom. The summed E-state index contributed by atoms with van der Waals surface area (Å²) in [5.74, 6) is 0.833. The normalized spacial score (nSPS) is 16.4. The number of halogens is 1. The Kier molecular flexibility index (Phi) is 8.70. The zero-order chi connectivity index (χ0) is 19.3. The highest BCUT2D eigenvalue weighted by Crippen LogP contribution is 2.36. The zero-order valence-corrected chi connectivity index (χ0v) is 20.3. The minimum Gasteiger partial charge on any atom is -0.381 e. The van der Waals surface area contributed by atoms with Gasteiger partial charge in [0.15, 0.2) is 5.96 Å². The second kappa shape index (κ2) is 10.5. The molecule has 0 amide bonds. The Balaban J connectivity index is 0.00000280. The molecule has 28 heavy (non-hydrogen) atoms. The van der Waals surface area contributed by atoms with E-state index in [2.05, 4.69) is 58.7 Å². The van der Waals surface area contributed by atoms with Crippen molar-refractivity contribution in [2.24, 2.45) is 4.99 Å². The lowest BCUT2D eigenvalue weighted by Gasteiger charge is -2.39. The largest absolute Gasteiger partial charge is 0.381 e. The lowest BCUT2D eigenvalue weighted by molar-refractivity contribution is 0.0512. The molecule has 0 saturated carbocycles. The van der Waals surface area contributed by atoms with Crippen molar-refractivity contribution in [1.29, 1.82) is 0 Å². The van der Waals surface area contributed by atoms with Crippen LogP contribution >= 0.6 is 35.3 Å². The van der Waals surface area contributed by atoms with Gasteiger partial charge in [-0.25, -0.2) is 4.98 Å². The number of thiazole rings is 1. The molecule has 2 N–H and O–H groups in total. The summed E-state index contributed by atoms with van der Waals surface area (Å²) in [4.78, 5) is 10.2. The molecular formula is C21H31IN4OS. The fraction of sp³-hybridized carbons (Fsp3) is 0.524. The van der Waals surface area contributed by atoms with Crippen molar-refractivity contribution in [2.45, 2.75) is 45.6 Å². The number of guanidine groups is 1. The molecule has 0 bridgehead atoms. The van der Waals surface area contributed by atoms with E-state index in [1.165, 1.54) is 16.0 Å². The average Bonchev–Trinajstić information content (AvgIpc) is 3.00. The van der Waals surface area contributed by atoms with Gasteiger partial charge in [0.2, 0.25) is 0 Å². The lowest BCUT2D eigenvalue weighted by Crippen LogP contribution is -2.48. The van der Waals surface area contributed by atoms with Crippen LogP contribution in [0.4, 0.5) is 0 Å². The third kappa shape index (κ3) is 5.45. The number of benzene rings is 1. The zero-order valence-electron chi connectivity index (χ0n) is 17.2. The number of rotatable bonds is 5. The maximum absolute atomic E-state index is 5.66. The van der Waals surface area contributed by atoms with Crippen LogP contribution in [0.5, 0.6) is 0 Å². The van der Waals surface area contributed by atoms with Gasteiger partial charge in [0.25, 0.3) is 0 Å². The van der Waals surface area contributed by atoms with Crippen LogP contribution < -0.4 is 10.6 Å². The van der Waals surface area contributed by atoms with Gasteiger partial charge in [0, 0.05) is 37.1 Å². The molecule has 1 aromatic heterocycles. The molecular weight excluding hydrogens is 483 g/mol. The van der Waals surface area contributed by atoms with E-state index < -0.39 is 0 Å². The molecule has 1 aliphatic heterocycles. The Labute approximate surface area is 189 Å². The predicted octanol–water partition coefficient (Wildman–Crippen LogP) is 4.10. The molecule has 0 spiro atoms.